The number of nitrogens with zero attached hydrogens (tertiary/aromatic N) is 3. The lowest BCUT2D eigenvalue weighted by molar-refractivity contribution is -0.134. The van der Waals surface area contributed by atoms with Crippen LogP contribution in [0.4, 0.5) is 0 Å². The van der Waals surface area contributed by atoms with Gasteiger partial charge in [0.2, 0.25) is 11.8 Å². The minimum Gasteiger partial charge on any atom is -0.484 e. The van der Waals surface area contributed by atoms with Crippen molar-refractivity contribution in [2.45, 2.75) is 18.8 Å². The lowest BCUT2D eigenvalue weighted by Gasteiger charge is -2.31. The third-order valence-corrected chi connectivity index (χ3v) is 5.01. The molecule has 28 heavy (non-hydrogen) atoms. The number of carbonyl (C=O) groups is 1. The quantitative estimate of drug-likeness (QED) is 0.646. The van der Waals surface area contributed by atoms with E-state index in [9.17, 15) is 4.79 Å². The topological polar surface area (TPSA) is 68.5 Å². The SMILES string of the molecule is O=C(COc1ccc(Cl)cc1)N1CCC[C@@H](c2nnc(-c3ccccc3)o2)C1. The first-order valence-corrected chi connectivity index (χ1v) is 9.62. The summed E-state index contributed by atoms with van der Waals surface area (Å²) in [6, 6.07) is 16.6. The van der Waals surface area contributed by atoms with Crippen molar-refractivity contribution in [1.82, 2.24) is 15.1 Å². The standard InChI is InChI=1S/C21H20ClN3O3/c22-17-8-10-18(11-9-17)27-14-19(26)25-12-4-7-16(13-25)21-24-23-20(28-21)15-5-2-1-3-6-15/h1-3,5-6,8-11,16H,4,7,12-14H2/t16-/m1/s1. The normalized spacial score (nSPS) is 16.8. The molecule has 1 aliphatic rings. The summed E-state index contributed by atoms with van der Waals surface area (Å²) in [5, 5.41) is 9.00. The van der Waals surface area contributed by atoms with Crippen LogP contribution in [0.25, 0.3) is 11.5 Å². The van der Waals surface area contributed by atoms with Crippen LogP contribution >= 0.6 is 11.6 Å². The number of carbonyl (C=O) groups excluding carboxylic acids is 1. The molecule has 144 valence electrons. The fourth-order valence-electron chi connectivity index (χ4n) is 3.27. The second kappa shape index (κ2) is 8.44. The molecule has 0 bridgehead atoms. The van der Waals surface area contributed by atoms with Gasteiger partial charge in [-0.3, -0.25) is 4.79 Å². The molecule has 2 aromatic carbocycles. The van der Waals surface area contributed by atoms with Crippen molar-refractivity contribution >= 4 is 17.5 Å². The Kier molecular flexibility index (Phi) is 5.58. The summed E-state index contributed by atoms with van der Waals surface area (Å²) >= 11 is 5.86. The lowest BCUT2D eigenvalue weighted by Crippen LogP contribution is -2.41. The van der Waals surface area contributed by atoms with E-state index in [1.54, 1.807) is 29.2 Å². The molecule has 0 aliphatic carbocycles. The van der Waals surface area contributed by atoms with Crippen LogP contribution < -0.4 is 4.74 Å². The van der Waals surface area contributed by atoms with E-state index in [0.29, 0.717) is 35.6 Å². The van der Waals surface area contributed by atoms with Crippen LogP contribution in [-0.2, 0) is 4.79 Å². The Bertz CT molecular complexity index is 928. The van der Waals surface area contributed by atoms with Gasteiger partial charge >= 0.3 is 0 Å². The maximum Gasteiger partial charge on any atom is 0.260 e. The van der Waals surface area contributed by atoms with Gasteiger partial charge in [0.05, 0.1) is 5.92 Å². The number of hydrogen-bond donors (Lipinski definition) is 0. The molecule has 7 heteroatoms. The van der Waals surface area contributed by atoms with E-state index in [0.717, 1.165) is 18.4 Å². The molecule has 2 heterocycles. The molecule has 1 atom stereocenters. The van der Waals surface area contributed by atoms with Crippen molar-refractivity contribution in [2.24, 2.45) is 0 Å². The highest BCUT2D eigenvalue weighted by atomic mass is 35.5. The van der Waals surface area contributed by atoms with E-state index in [1.807, 2.05) is 30.3 Å². The van der Waals surface area contributed by atoms with Gasteiger partial charge < -0.3 is 14.1 Å². The number of rotatable bonds is 5. The van der Waals surface area contributed by atoms with Crippen LogP contribution in [0.1, 0.15) is 24.7 Å². The Labute approximate surface area is 168 Å². The number of benzene rings is 2. The molecule has 1 amide bonds. The molecule has 0 spiro atoms. The van der Waals surface area contributed by atoms with Crippen LogP contribution in [0.3, 0.4) is 0 Å². The van der Waals surface area contributed by atoms with Crippen molar-refractivity contribution in [1.29, 1.82) is 0 Å². The molecular formula is C21H20ClN3O3. The molecule has 4 rings (SSSR count). The Morgan fingerprint density at radius 3 is 2.71 bits per heavy atom. The van der Waals surface area contributed by atoms with E-state index >= 15 is 0 Å². The molecule has 6 nitrogen and oxygen atoms in total. The number of halogens is 1. The number of hydrogen-bond acceptors (Lipinski definition) is 5. The summed E-state index contributed by atoms with van der Waals surface area (Å²) in [6.07, 6.45) is 1.80. The highest BCUT2D eigenvalue weighted by Crippen LogP contribution is 2.28. The molecule has 0 saturated carbocycles. The number of likely N-dealkylation sites (tertiary alicyclic amines) is 1. The van der Waals surface area contributed by atoms with Gasteiger partial charge in [-0.1, -0.05) is 29.8 Å². The average molecular weight is 398 g/mol. The first-order valence-electron chi connectivity index (χ1n) is 9.24. The fourth-order valence-corrected chi connectivity index (χ4v) is 3.40. The van der Waals surface area contributed by atoms with Crippen LogP contribution in [0.2, 0.25) is 5.02 Å². The third kappa shape index (κ3) is 4.34. The van der Waals surface area contributed by atoms with Crippen LogP contribution in [0, 0.1) is 0 Å². The predicted octanol–water partition coefficient (Wildman–Crippen LogP) is 4.18. The van der Waals surface area contributed by atoms with Gasteiger partial charge in [-0.15, -0.1) is 10.2 Å². The van der Waals surface area contributed by atoms with Crippen molar-refractivity contribution in [3.63, 3.8) is 0 Å². The molecular weight excluding hydrogens is 378 g/mol. The minimum absolute atomic E-state index is 0.00650. The molecule has 0 radical (unpaired) electrons. The van der Waals surface area contributed by atoms with Gasteiger partial charge in [0.1, 0.15) is 5.75 Å². The monoisotopic (exact) mass is 397 g/mol. The summed E-state index contributed by atoms with van der Waals surface area (Å²) in [5.74, 6) is 1.69. The molecule has 1 fully saturated rings. The minimum atomic E-state index is -0.0533. The van der Waals surface area contributed by atoms with E-state index < -0.39 is 0 Å². The van der Waals surface area contributed by atoms with Gasteiger partial charge in [-0.05, 0) is 49.2 Å². The van der Waals surface area contributed by atoms with Crippen molar-refractivity contribution in [2.75, 3.05) is 19.7 Å². The molecule has 0 N–H and O–H groups in total. The lowest BCUT2D eigenvalue weighted by atomic mass is 9.98. The van der Waals surface area contributed by atoms with Gasteiger partial charge in [0, 0.05) is 23.7 Å². The Morgan fingerprint density at radius 2 is 1.93 bits per heavy atom. The van der Waals surface area contributed by atoms with Crippen LogP contribution in [-0.4, -0.2) is 40.7 Å². The predicted molar refractivity (Wildman–Crippen MR) is 105 cm³/mol. The zero-order chi connectivity index (χ0) is 19.3. The molecule has 1 aromatic heterocycles. The first kappa shape index (κ1) is 18.5. The van der Waals surface area contributed by atoms with E-state index in [2.05, 4.69) is 10.2 Å². The Balaban J connectivity index is 1.37. The second-order valence-corrected chi connectivity index (χ2v) is 7.17. The smallest absolute Gasteiger partial charge is 0.260 e. The van der Waals surface area contributed by atoms with E-state index in [-0.39, 0.29) is 18.4 Å². The number of aromatic nitrogens is 2. The fraction of sp³-hybridized carbons (Fsp3) is 0.286. The van der Waals surface area contributed by atoms with Gasteiger partial charge in [0.15, 0.2) is 6.61 Å². The number of amides is 1. The zero-order valence-corrected chi connectivity index (χ0v) is 16.0. The van der Waals surface area contributed by atoms with Crippen molar-refractivity contribution in [3.05, 3.63) is 65.5 Å². The van der Waals surface area contributed by atoms with E-state index in [1.165, 1.54) is 0 Å². The van der Waals surface area contributed by atoms with Crippen LogP contribution in [0.15, 0.2) is 59.0 Å². The highest BCUT2D eigenvalue weighted by Gasteiger charge is 2.28. The Morgan fingerprint density at radius 1 is 1.14 bits per heavy atom. The third-order valence-electron chi connectivity index (χ3n) is 4.76. The average Bonchev–Trinajstić information content (AvgIpc) is 3.24. The number of piperidine rings is 1. The van der Waals surface area contributed by atoms with Crippen molar-refractivity contribution < 1.29 is 13.9 Å². The summed E-state index contributed by atoms with van der Waals surface area (Å²) in [4.78, 5) is 14.4. The molecule has 3 aromatic rings. The second-order valence-electron chi connectivity index (χ2n) is 6.73. The molecule has 1 aliphatic heterocycles. The molecule has 0 unspecified atom stereocenters. The summed E-state index contributed by atoms with van der Waals surface area (Å²) in [6.45, 7) is 1.26. The maximum atomic E-state index is 12.6. The highest BCUT2D eigenvalue weighted by molar-refractivity contribution is 6.30. The Hall–Kier alpha value is -2.86. The van der Waals surface area contributed by atoms with Gasteiger partial charge in [-0.25, -0.2) is 0 Å². The van der Waals surface area contributed by atoms with E-state index in [4.69, 9.17) is 20.8 Å². The maximum absolute atomic E-state index is 12.6. The van der Waals surface area contributed by atoms with Crippen LogP contribution in [0.5, 0.6) is 5.75 Å². The largest absolute Gasteiger partial charge is 0.484 e. The summed E-state index contributed by atoms with van der Waals surface area (Å²) < 4.78 is 11.5. The zero-order valence-electron chi connectivity index (χ0n) is 15.3. The first-order chi connectivity index (χ1) is 13.7. The van der Waals surface area contributed by atoms with Crippen molar-refractivity contribution in [3.8, 4) is 17.2 Å². The molecule has 1 saturated heterocycles. The van der Waals surface area contributed by atoms with Gasteiger partial charge in [0.25, 0.3) is 5.91 Å². The summed E-state index contributed by atoms with van der Waals surface area (Å²) in [7, 11) is 0. The summed E-state index contributed by atoms with van der Waals surface area (Å²) in [5.41, 5.74) is 0.890. The van der Waals surface area contributed by atoms with Gasteiger partial charge in [-0.2, -0.15) is 0 Å². The number of ether oxygens (including phenoxy) is 1.